The summed E-state index contributed by atoms with van der Waals surface area (Å²) in [6, 6.07) is 38.7. The van der Waals surface area contributed by atoms with E-state index in [1.54, 1.807) is 4.90 Å². The first-order valence-corrected chi connectivity index (χ1v) is 19.8. The van der Waals surface area contributed by atoms with Gasteiger partial charge in [0, 0.05) is 56.1 Å². The van der Waals surface area contributed by atoms with Crippen LogP contribution in [0.25, 0.3) is 22.3 Å². The van der Waals surface area contributed by atoms with Gasteiger partial charge in [0.15, 0.2) is 0 Å². The van der Waals surface area contributed by atoms with Crippen LogP contribution in [0.3, 0.4) is 0 Å². The molecule has 0 spiro atoms. The highest BCUT2D eigenvalue weighted by atomic mass is 16.6. The molecule has 2 amide bonds. The Morgan fingerprint density at radius 1 is 0.618 bits per heavy atom. The monoisotopic (exact) mass is 746 g/mol. The smallest absolute Gasteiger partial charge is 0.410 e. The molecule has 2 aliphatic heterocycles. The van der Waals surface area contributed by atoms with Crippen LogP contribution in [0.2, 0.25) is 0 Å². The van der Waals surface area contributed by atoms with Crippen molar-refractivity contribution in [3.05, 3.63) is 120 Å². The van der Waals surface area contributed by atoms with Crippen molar-refractivity contribution in [3.8, 4) is 22.3 Å². The number of ether oxygens (including phenoxy) is 2. The van der Waals surface area contributed by atoms with E-state index in [1.807, 2.05) is 70.7 Å². The molecule has 4 atom stereocenters. The van der Waals surface area contributed by atoms with Crippen LogP contribution in [0.4, 0.5) is 9.59 Å². The number of rotatable bonds is 6. The Labute approximate surface area is 329 Å². The minimum atomic E-state index is -0.484. The van der Waals surface area contributed by atoms with Gasteiger partial charge in [0.25, 0.3) is 0 Å². The molecule has 4 aromatic rings. The lowest BCUT2D eigenvalue weighted by atomic mass is 9.84. The summed E-state index contributed by atoms with van der Waals surface area (Å²) in [7, 11) is 0. The highest BCUT2D eigenvalue weighted by Crippen LogP contribution is 2.33. The van der Waals surface area contributed by atoms with E-state index in [4.69, 9.17) is 15.2 Å². The van der Waals surface area contributed by atoms with Gasteiger partial charge in [0.05, 0.1) is 0 Å². The number of nitrogens with one attached hydrogen (secondary N) is 1. The van der Waals surface area contributed by atoms with E-state index in [-0.39, 0.29) is 30.2 Å². The summed E-state index contributed by atoms with van der Waals surface area (Å²) in [5.41, 5.74) is 12.9. The summed E-state index contributed by atoms with van der Waals surface area (Å²) in [5.74, 6) is 0.608. The van der Waals surface area contributed by atoms with E-state index in [2.05, 4.69) is 104 Å². The van der Waals surface area contributed by atoms with Crippen molar-refractivity contribution in [2.45, 2.75) is 109 Å². The minimum Gasteiger partial charge on any atom is -0.444 e. The molecule has 8 nitrogen and oxygen atoms in total. The van der Waals surface area contributed by atoms with Crippen molar-refractivity contribution in [2.24, 2.45) is 5.73 Å². The second kappa shape index (κ2) is 18.3. The van der Waals surface area contributed by atoms with E-state index >= 15 is 0 Å². The molecule has 0 aromatic heterocycles. The predicted molar refractivity (Wildman–Crippen MR) is 224 cm³/mol. The number of likely N-dealkylation sites (tertiary alicyclic amines) is 2. The number of nitrogens with zero attached hydrogens (tertiary/aromatic N) is 2. The van der Waals surface area contributed by atoms with Crippen molar-refractivity contribution in [1.82, 2.24) is 15.1 Å². The average molecular weight is 747 g/mol. The molecular weight excluding hydrogens is 685 g/mol. The van der Waals surface area contributed by atoms with Gasteiger partial charge in [-0.1, -0.05) is 123 Å². The lowest BCUT2D eigenvalue weighted by Gasteiger charge is -2.40. The first-order valence-electron chi connectivity index (χ1n) is 19.8. The molecule has 4 aromatic carbocycles. The average Bonchev–Trinajstić information content (AvgIpc) is 3.14. The first kappa shape index (κ1) is 41.5. The SMILES string of the molecule is CC(C)(C)OC(=O)N1CC[C@H](c2cccc(-c3ccccc3)c2)[C@@H](N)C1.CC(C)N[C@H]1CN(C(=O)OC(C)(C)C)CC[C@@H]1c1cccc(-c2ccccc2)c1. The van der Waals surface area contributed by atoms with Crippen molar-refractivity contribution in [2.75, 3.05) is 26.2 Å². The molecule has 3 N–H and O–H groups in total. The second-order valence-corrected chi connectivity index (χ2v) is 17.2. The Bertz CT molecular complexity index is 1830. The molecule has 0 unspecified atom stereocenters. The number of carbonyl (C=O) groups is 2. The zero-order chi connectivity index (χ0) is 39.8. The molecule has 2 saturated heterocycles. The van der Waals surface area contributed by atoms with Gasteiger partial charge in [-0.2, -0.15) is 0 Å². The lowest BCUT2D eigenvalue weighted by molar-refractivity contribution is 0.0163. The van der Waals surface area contributed by atoms with E-state index in [0.717, 1.165) is 12.8 Å². The van der Waals surface area contributed by atoms with Gasteiger partial charge in [0.2, 0.25) is 0 Å². The molecule has 2 aliphatic rings. The number of amides is 2. The third-order valence-electron chi connectivity index (χ3n) is 9.97. The molecule has 2 fully saturated rings. The van der Waals surface area contributed by atoms with Crippen LogP contribution in [-0.2, 0) is 9.47 Å². The molecular formula is C47H62N4O4. The van der Waals surface area contributed by atoms with Gasteiger partial charge in [-0.3, -0.25) is 0 Å². The minimum absolute atomic E-state index is 0.0951. The topological polar surface area (TPSA) is 97.1 Å². The quantitative estimate of drug-likeness (QED) is 0.204. The van der Waals surface area contributed by atoms with E-state index in [1.165, 1.54) is 33.4 Å². The molecule has 0 saturated carbocycles. The van der Waals surface area contributed by atoms with E-state index in [9.17, 15) is 9.59 Å². The summed E-state index contributed by atoms with van der Waals surface area (Å²) >= 11 is 0. The van der Waals surface area contributed by atoms with Crippen LogP contribution in [0.15, 0.2) is 109 Å². The van der Waals surface area contributed by atoms with Crippen molar-refractivity contribution >= 4 is 12.2 Å². The number of nitrogens with two attached hydrogens (primary N) is 1. The van der Waals surface area contributed by atoms with Crippen LogP contribution < -0.4 is 11.1 Å². The fraction of sp³-hybridized carbons (Fsp3) is 0.447. The van der Waals surface area contributed by atoms with Crippen LogP contribution >= 0.6 is 0 Å². The summed E-state index contributed by atoms with van der Waals surface area (Å²) in [6.07, 6.45) is 1.27. The van der Waals surface area contributed by atoms with E-state index < -0.39 is 11.2 Å². The Morgan fingerprint density at radius 3 is 1.47 bits per heavy atom. The van der Waals surface area contributed by atoms with Gasteiger partial charge in [0.1, 0.15) is 11.2 Å². The highest BCUT2D eigenvalue weighted by molar-refractivity contribution is 5.69. The fourth-order valence-corrected chi connectivity index (χ4v) is 7.49. The zero-order valence-corrected chi connectivity index (χ0v) is 34.1. The molecule has 8 heteroatoms. The van der Waals surface area contributed by atoms with E-state index in [0.29, 0.717) is 38.1 Å². The maximum absolute atomic E-state index is 12.6. The van der Waals surface area contributed by atoms with Crippen molar-refractivity contribution < 1.29 is 19.1 Å². The molecule has 55 heavy (non-hydrogen) atoms. The molecule has 2 heterocycles. The molecule has 6 rings (SSSR count). The summed E-state index contributed by atoms with van der Waals surface area (Å²) in [5, 5.41) is 3.69. The lowest BCUT2D eigenvalue weighted by Crippen LogP contribution is -2.54. The summed E-state index contributed by atoms with van der Waals surface area (Å²) in [4.78, 5) is 28.5. The van der Waals surface area contributed by atoms with Gasteiger partial charge in [-0.15, -0.1) is 0 Å². The highest BCUT2D eigenvalue weighted by Gasteiger charge is 2.35. The largest absolute Gasteiger partial charge is 0.444 e. The number of hydrogen-bond donors (Lipinski definition) is 2. The Morgan fingerprint density at radius 2 is 1.04 bits per heavy atom. The van der Waals surface area contributed by atoms with Crippen LogP contribution in [0, 0.1) is 0 Å². The number of hydrogen-bond acceptors (Lipinski definition) is 6. The zero-order valence-electron chi connectivity index (χ0n) is 34.1. The standard InChI is InChI=1S/C25H34N2O2.C22H28N2O2/c1-18(2)26-23-17-27(24(28)29-25(3,4)5)15-14-22(23)21-13-9-12-20(16-21)19-10-7-6-8-11-19;1-22(2,3)26-21(25)24-13-12-19(20(23)15-24)18-11-7-10-17(14-18)16-8-5-4-6-9-16/h6-13,16,18,22-23,26H,14-15,17H2,1-5H3;4-11,14,19-20H,12-13,15,23H2,1-3H3/t22-,23+;19-,20+/m11/s1. The Kier molecular flexibility index (Phi) is 13.8. The fourth-order valence-electron chi connectivity index (χ4n) is 7.49. The molecule has 0 radical (unpaired) electrons. The number of benzene rings is 4. The van der Waals surface area contributed by atoms with Crippen LogP contribution in [-0.4, -0.2) is 77.5 Å². The Hall–Kier alpha value is -4.66. The van der Waals surface area contributed by atoms with Crippen molar-refractivity contribution in [3.63, 3.8) is 0 Å². The van der Waals surface area contributed by atoms with Gasteiger partial charge in [-0.25, -0.2) is 9.59 Å². The first-order chi connectivity index (χ1) is 26.1. The molecule has 0 aliphatic carbocycles. The van der Waals surface area contributed by atoms with Crippen molar-refractivity contribution in [1.29, 1.82) is 0 Å². The molecule has 0 bridgehead atoms. The van der Waals surface area contributed by atoms with Gasteiger partial charge < -0.3 is 30.3 Å². The summed E-state index contributed by atoms with van der Waals surface area (Å²) in [6.45, 7) is 18.3. The normalized spacial score (nSPS) is 20.3. The number of carbonyl (C=O) groups excluding carboxylic acids is 2. The second-order valence-electron chi connectivity index (χ2n) is 17.2. The Balaban J connectivity index is 0.000000212. The van der Waals surface area contributed by atoms with Gasteiger partial charge >= 0.3 is 12.2 Å². The maximum atomic E-state index is 12.6. The van der Waals surface area contributed by atoms with Crippen LogP contribution in [0.1, 0.15) is 91.2 Å². The maximum Gasteiger partial charge on any atom is 0.410 e. The number of piperidine rings is 2. The van der Waals surface area contributed by atoms with Crippen LogP contribution in [0.5, 0.6) is 0 Å². The van der Waals surface area contributed by atoms with Gasteiger partial charge in [-0.05, 0) is 87.8 Å². The summed E-state index contributed by atoms with van der Waals surface area (Å²) < 4.78 is 11.1. The third-order valence-corrected chi connectivity index (χ3v) is 9.97. The molecule has 294 valence electrons. The third kappa shape index (κ3) is 12.2. The predicted octanol–water partition coefficient (Wildman–Crippen LogP) is 9.85.